The molecule has 4 nitrogen and oxygen atoms in total. The lowest BCUT2D eigenvalue weighted by Gasteiger charge is -2.30. The van der Waals surface area contributed by atoms with Crippen molar-refractivity contribution in [2.24, 2.45) is 0 Å². The first-order valence-corrected chi connectivity index (χ1v) is 9.07. The van der Waals surface area contributed by atoms with Gasteiger partial charge in [0.25, 0.3) is 0 Å². The number of likely N-dealkylation sites (tertiary alicyclic amines) is 1. The first-order chi connectivity index (χ1) is 10.3. The molecule has 2 aliphatic heterocycles. The normalized spacial score (nSPS) is 27.5. The van der Waals surface area contributed by atoms with E-state index in [1.54, 1.807) is 0 Å². The first kappa shape index (κ1) is 13.6. The van der Waals surface area contributed by atoms with Crippen molar-refractivity contribution < 1.29 is 0 Å². The average molecular weight is 302 g/mol. The summed E-state index contributed by atoms with van der Waals surface area (Å²) >= 11 is 2.06. The average Bonchev–Trinajstić information content (AvgIpc) is 3.14. The third kappa shape index (κ3) is 2.46. The van der Waals surface area contributed by atoms with E-state index in [0.717, 1.165) is 17.7 Å². The Hall–Kier alpha value is -1.07. The SMILES string of the molecule is CN1CCCC(c2nc3cccnc3n2C2CCSC2)C1. The summed E-state index contributed by atoms with van der Waals surface area (Å²) in [6.07, 6.45) is 5.69. The van der Waals surface area contributed by atoms with Gasteiger partial charge in [-0.3, -0.25) is 0 Å². The molecule has 0 radical (unpaired) electrons. The maximum absolute atomic E-state index is 4.98. The highest BCUT2D eigenvalue weighted by Gasteiger charge is 2.29. The number of nitrogens with zero attached hydrogens (tertiary/aromatic N) is 4. The van der Waals surface area contributed by atoms with Crippen molar-refractivity contribution in [1.82, 2.24) is 19.4 Å². The van der Waals surface area contributed by atoms with Gasteiger partial charge in [0.15, 0.2) is 5.65 Å². The Morgan fingerprint density at radius 2 is 2.29 bits per heavy atom. The Bertz CT molecular complexity index is 632. The number of likely N-dealkylation sites (N-methyl/N-ethyl adjacent to an activating group) is 1. The van der Waals surface area contributed by atoms with Gasteiger partial charge in [0.2, 0.25) is 0 Å². The predicted octanol–water partition coefficient (Wildman–Crippen LogP) is 2.92. The largest absolute Gasteiger partial charge is 0.308 e. The van der Waals surface area contributed by atoms with Gasteiger partial charge in [-0.2, -0.15) is 11.8 Å². The van der Waals surface area contributed by atoms with Gasteiger partial charge in [-0.1, -0.05) is 0 Å². The number of rotatable bonds is 2. The second-order valence-corrected chi connectivity index (χ2v) is 7.45. The molecule has 2 aromatic heterocycles. The molecule has 4 heterocycles. The van der Waals surface area contributed by atoms with Crippen LogP contribution in [0.5, 0.6) is 0 Å². The van der Waals surface area contributed by atoms with Crippen molar-refractivity contribution in [3.8, 4) is 0 Å². The second kappa shape index (κ2) is 5.61. The van der Waals surface area contributed by atoms with Gasteiger partial charge in [0, 0.05) is 30.5 Å². The standard InChI is InChI=1S/C16H22N4S/c1-19-8-3-4-12(10-19)15-18-14-5-2-7-17-16(14)20(15)13-6-9-21-11-13/h2,5,7,12-13H,3-4,6,8-11H2,1H3. The van der Waals surface area contributed by atoms with Gasteiger partial charge in [-0.25, -0.2) is 9.97 Å². The number of aromatic nitrogens is 3. The van der Waals surface area contributed by atoms with Crippen LogP contribution in [0.25, 0.3) is 11.2 Å². The van der Waals surface area contributed by atoms with Crippen LogP contribution in [0.15, 0.2) is 18.3 Å². The summed E-state index contributed by atoms with van der Waals surface area (Å²) in [6.45, 7) is 2.34. The molecular weight excluding hydrogens is 280 g/mol. The Morgan fingerprint density at radius 1 is 1.33 bits per heavy atom. The number of imidazole rings is 1. The molecule has 0 spiro atoms. The van der Waals surface area contributed by atoms with Crippen molar-refractivity contribution in [3.63, 3.8) is 0 Å². The zero-order valence-corrected chi connectivity index (χ0v) is 13.4. The molecular formula is C16H22N4S. The van der Waals surface area contributed by atoms with E-state index in [4.69, 9.17) is 4.98 Å². The van der Waals surface area contributed by atoms with Crippen molar-refractivity contribution in [1.29, 1.82) is 0 Å². The summed E-state index contributed by atoms with van der Waals surface area (Å²) < 4.78 is 2.47. The minimum absolute atomic E-state index is 0.559. The van der Waals surface area contributed by atoms with Crippen LogP contribution in [0.2, 0.25) is 0 Å². The third-order valence-electron chi connectivity index (χ3n) is 4.74. The fraction of sp³-hybridized carbons (Fsp3) is 0.625. The Balaban J connectivity index is 1.80. The van der Waals surface area contributed by atoms with E-state index < -0.39 is 0 Å². The lowest BCUT2D eigenvalue weighted by Crippen LogP contribution is -2.32. The molecule has 2 aromatic rings. The molecule has 2 aliphatic rings. The predicted molar refractivity (Wildman–Crippen MR) is 88.0 cm³/mol. The van der Waals surface area contributed by atoms with E-state index in [0.29, 0.717) is 12.0 Å². The van der Waals surface area contributed by atoms with Crippen LogP contribution in [-0.4, -0.2) is 51.1 Å². The van der Waals surface area contributed by atoms with Gasteiger partial charge < -0.3 is 9.47 Å². The monoisotopic (exact) mass is 302 g/mol. The van der Waals surface area contributed by atoms with Gasteiger partial charge in [0.1, 0.15) is 11.3 Å². The molecule has 4 rings (SSSR count). The lowest BCUT2D eigenvalue weighted by atomic mass is 9.97. The molecule has 0 aliphatic carbocycles. The highest BCUT2D eigenvalue weighted by atomic mass is 32.2. The Kier molecular flexibility index (Phi) is 3.63. The first-order valence-electron chi connectivity index (χ1n) is 7.92. The molecule has 2 unspecified atom stereocenters. The number of piperidine rings is 1. The van der Waals surface area contributed by atoms with Gasteiger partial charge in [0.05, 0.1) is 0 Å². The summed E-state index contributed by atoms with van der Waals surface area (Å²) in [6, 6.07) is 4.69. The van der Waals surface area contributed by atoms with Crippen LogP contribution in [0.4, 0.5) is 0 Å². The van der Waals surface area contributed by atoms with E-state index in [9.17, 15) is 0 Å². The number of fused-ring (bicyclic) bond motifs is 1. The number of thioether (sulfide) groups is 1. The number of pyridine rings is 1. The van der Waals surface area contributed by atoms with E-state index in [2.05, 4.69) is 39.3 Å². The zero-order chi connectivity index (χ0) is 14.2. The maximum atomic E-state index is 4.98. The quantitative estimate of drug-likeness (QED) is 0.854. The van der Waals surface area contributed by atoms with Crippen LogP contribution in [0, 0.1) is 0 Å². The van der Waals surface area contributed by atoms with Crippen molar-refractivity contribution in [2.45, 2.75) is 31.2 Å². The van der Waals surface area contributed by atoms with Crippen LogP contribution >= 0.6 is 11.8 Å². The molecule has 2 atom stereocenters. The molecule has 5 heteroatoms. The number of hydrogen-bond donors (Lipinski definition) is 0. The topological polar surface area (TPSA) is 34.0 Å². The molecule has 0 N–H and O–H groups in total. The molecule has 21 heavy (non-hydrogen) atoms. The molecule has 2 saturated heterocycles. The summed E-state index contributed by atoms with van der Waals surface area (Å²) in [5.74, 6) is 4.31. The summed E-state index contributed by atoms with van der Waals surface area (Å²) in [5.41, 5.74) is 2.16. The van der Waals surface area contributed by atoms with Crippen molar-refractivity contribution in [2.75, 3.05) is 31.6 Å². The van der Waals surface area contributed by atoms with Crippen LogP contribution < -0.4 is 0 Å². The van der Waals surface area contributed by atoms with Gasteiger partial charge in [-0.05, 0) is 50.7 Å². The summed E-state index contributed by atoms with van der Waals surface area (Å²) in [7, 11) is 2.23. The summed E-state index contributed by atoms with van der Waals surface area (Å²) in [4.78, 5) is 12.1. The second-order valence-electron chi connectivity index (χ2n) is 6.30. The van der Waals surface area contributed by atoms with E-state index >= 15 is 0 Å². The zero-order valence-electron chi connectivity index (χ0n) is 12.5. The van der Waals surface area contributed by atoms with E-state index in [1.807, 2.05) is 12.3 Å². The molecule has 0 saturated carbocycles. The fourth-order valence-electron chi connectivity index (χ4n) is 3.70. The van der Waals surface area contributed by atoms with E-state index in [1.165, 1.54) is 43.1 Å². The molecule has 0 aromatic carbocycles. The van der Waals surface area contributed by atoms with Gasteiger partial charge in [-0.15, -0.1) is 0 Å². The fourth-order valence-corrected chi connectivity index (χ4v) is 4.89. The highest BCUT2D eigenvalue weighted by Crippen LogP contribution is 2.35. The third-order valence-corrected chi connectivity index (χ3v) is 5.88. The van der Waals surface area contributed by atoms with Gasteiger partial charge >= 0.3 is 0 Å². The molecule has 112 valence electrons. The smallest absolute Gasteiger partial charge is 0.160 e. The highest BCUT2D eigenvalue weighted by molar-refractivity contribution is 7.99. The minimum Gasteiger partial charge on any atom is -0.308 e. The van der Waals surface area contributed by atoms with Crippen LogP contribution in [0.3, 0.4) is 0 Å². The molecule has 2 fully saturated rings. The van der Waals surface area contributed by atoms with Crippen molar-refractivity contribution >= 4 is 22.9 Å². The lowest BCUT2D eigenvalue weighted by molar-refractivity contribution is 0.242. The molecule has 0 amide bonds. The minimum atomic E-state index is 0.559. The Morgan fingerprint density at radius 3 is 3.10 bits per heavy atom. The van der Waals surface area contributed by atoms with Crippen molar-refractivity contribution in [3.05, 3.63) is 24.2 Å². The Labute approximate surface area is 129 Å². The summed E-state index contributed by atoms with van der Waals surface area (Å²) in [5, 5.41) is 0. The maximum Gasteiger partial charge on any atom is 0.160 e. The number of hydrogen-bond acceptors (Lipinski definition) is 4. The molecule has 0 bridgehead atoms. The van der Waals surface area contributed by atoms with E-state index in [-0.39, 0.29) is 0 Å². The van der Waals surface area contributed by atoms with Crippen LogP contribution in [0.1, 0.15) is 37.0 Å². The van der Waals surface area contributed by atoms with Crippen LogP contribution in [-0.2, 0) is 0 Å².